The van der Waals surface area contributed by atoms with E-state index in [1.54, 1.807) is 0 Å². The Kier molecular flexibility index (Phi) is 11.4. The van der Waals surface area contributed by atoms with Gasteiger partial charge in [-0.15, -0.1) is 0 Å². The number of hydrogen-bond acceptors (Lipinski definition) is 11. The second-order valence-electron chi connectivity index (χ2n) is 9.81. The van der Waals surface area contributed by atoms with Crippen LogP contribution in [0.1, 0.15) is 18.2 Å². The van der Waals surface area contributed by atoms with Crippen molar-refractivity contribution in [3.05, 3.63) is 69.0 Å². The summed E-state index contributed by atoms with van der Waals surface area (Å²) in [5.41, 5.74) is 5.44. The Morgan fingerprint density at radius 2 is 1.81 bits per heavy atom. The maximum atomic E-state index is 12.2. The quantitative estimate of drug-likeness (QED) is 0.198. The van der Waals surface area contributed by atoms with Crippen LogP contribution in [0.2, 0.25) is 0 Å². The number of H-pyrrole nitrogens is 1. The van der Waals surface area contributed by atoms with Gasteiger partial charge in [0.1, 0.15) is 24.4 Å². The number of carbonyl (C=O) groups is 1. The Morgan fingerprint density at radius 1 is 1.17 bits per heavy atom. The van der Waals surface area contributed by atoms with Gasteiger partial charge in [0.25, 0.3) is 5.56 Å². The van der Waals surface area contributed by atoms with Crippen molar-refractivity contribution in [3.63, 3.8) is 0 Å². The Labute approximate surface area is 236 Å². The SMILES string of the molecule is CN(Cc1ccccc1)C[C@H](O[C@@H]1O[C@H](CN)[C@@H](O)[C@H]1O)[C@@H]1C[C@@H](O)[C@H](n2ccc(=O)[nH]c2=O)O1.O=C(O)C(F)(F)F. The highest BCUT2D eigenvalue weighted by Crippen LogP contribution is 2.33. The predicted octanol–water partition coefficient (Wildman–Crippen LogP) is -1.26. The molecule has 2 saturated heterocycles. The summed E-state index contributed by atoms with van der Waals surface area (Å²) >= 11 is 0. The first-order valence-electron chi connectivity index (χ1n) is 12.8. The third-order valence-corrected chi connectivity index (χ3v) is 6.55. The molecule has 7 N–H and O–H groups in total. The molecular weight excluding hydrogens is 573 g/mol. The van der Waals surface area contributed by atoms with Gasteiger partial charge in [0.2, 0.25) is 0 Å². The molecule has 0 radical (unpaired) electrons. The van der Waals surface area contributed by atoms with Crippen LogP contribution < -0.4 is 17.0 Å². The largest absolute Gasteiger partial charge is 0.490 e. The first-order valence-corrected chi connectivity index (χ1v) is 12.8. The van der Waals surface area contributed by atoms with Crippen molar-refractivity contribution >= 4 is 5.97 Å². The van der Waals surface area contributed by atoms with E-state index in [4.69, 9.17) is 29.8 Å². The number of halogens is 3. The smallest absolute Gasteiger partial charge is 0.475 e. The summed E-state index contributed by atoms with van der Waals surface area (Å²) in [5.74, 6) is -2.76. The molecule has 0 bridgehead atoms. The van der Waals surface area contributed by atoms with E-state index in [9.17, 15) is 38.1 Å². The molecule has 4 rings (SSSR count). The van der Waals surface area contributed by atoms with Gasteiger partial charge in [0, 0.05) is 38.3 Å². The fourth-order valence-electron chi connectivity index (χ4n) is 4.51. The number of benzene rings is 1. The second kappa shape index (κ2) is 14.3. The normalized spacial score (nSPS) is 28.4. The predicted molar refractivity (Wildman–Crippen MR) is 137 cm³/mol. The third kappa shape index (κ3) is 8.68. The van der Waals surface area contributed by atoms with E-state index in [2.05, 4.69) is 4.98 Å². The Bertz CT molecular complexity index is 1280. The summed E-state index contributed by atoms with van der Waals surface area (Å²) in [6.07, 6.45) is -11.6. The number of alkyl halides is 3. The van der Waals surface area contributed by atoms with Gasteiger partial charge in [0.15, 0.2) is 12.5 Å². The number of likely N-dealkylation sites (N-methyl/N-ethyl adjacent to an activating group) is 1. The zero-order valence-corrected chi connectivity index (χ0v) is 22.3. The molecular formula is C25H33F3N4O10. The number of aliphatic hydroxyl groups is 3. The highest BCUT2D eigenvalue weighted by atomic mass is 19.4. The van der Waals surface area contributed by atoms with E-state index in [0.29, 0.717) is 13.1 Å². The van der Waals surface area contributed by atoms with E-state index in [0.717, 1.165) is 10.1 Å². The van der Waals surface area contributed by atoms with Gasteiger partial charge < -0.3 is 40.4 Å². The first kappa shape index (κ1) is 33.3. The van der Waals surface area contributed by atoms with Crippen molar-refractivity contribution in [1.29, 1.82) is 0 Å². The zero-order valence-electron chi connectivity index (χ0n) is 22.3. The molecule has 1 aromatic heterocycles. The maximum Gasteiger partial charge on any atom is 0.490 e. The molecule has 2 fully saturated rings. The van der Waals surface area contributed by atoms with Gasteiger partial charge in [-0.05, 0) is 12.6 Å². The number of aromatic nitrogens is 2. The molecule has 2 aliphatic rings. The molecule has 0 spiro atoms. The summed E-state index contributed by atoms with van der Waals surface area (Å²) in [7, 11) is 1.89. The molecule has 0 aliphatic carbocycles. The average molecular weight is 607 g/mol. The Hall–Kier alpha value is -3.16. The van der Waals surface area contributed by atoms with E-state index in [1.165, 1.54) is 12.3 Å². The van der Waals surface area contributed by atoms with Crippen LogP contribution in [-0.4, -0.2) is 110 Å². The number of carboxylic acid groups (broad SMARTS) is 1. The number of ether oxygens (including phenoxy) is 3. The second-order valence-corrected chi connectivity index (χ2v) is 9.81. The molecule has 234 valence electrons. The first-order chi connectivity index (χ1) is 19.7. The number of carboxylic acids is 1. The number of aromatic amines is 1. The van der Waals surface area contributed by atoms with Crippen molar-refractivity contribution in [2.45, 2.75) is 68.3 Å². The minimum Gasteiger partial charge on any atom is -0.475 e. The number of nitrogens with one attached hydrogen (secondary N) is 1. The number of nitrogens with zero attached hydrogens (tertiary/aromatic N) is 2. The summed E-state index contributed by atoms with van der Waals surface area (Å²) in [4.78, 5) is 36.7. The molecule has 0 amide bonds. The van der Waals surface area contributed by atoms with Gasteiger partial charge in [-0.3, -0.25) is 19.2 Å². The van der Waals surface area contributed by atoms with E-state index >= 15 is 0 Å². The molecule has 17 heteroatoms. The van der Waals surface area contributed by atoms with Crippen LogP contribution in [0.25, 0.3) is 0 Å². The standard InChI is InChI=1S/C23H32N4O8.C2HF3O2/c1-26(11-13-5-3-2-4-6-13)12-17(35-22-20(31)19(30)16(10-24)34-22)15-9-14(28)21(33-15)27-8-7-18(29)25-23(27)32;3-2(4,5)1(6)7/h2-8,14-17,19-22,28,30-31H,9-12,24H2,1H3,(H,25,29,32);(H,6,7)/t14-,15+,16-,17+,19-,20-,21-,22+;/m1./s1. The van der Waals surface area contributed by atoms with Gasteiger partial charge >= 0.3 is 17.8 Å². The highest BCUT2D eigenvalue weighted by Gasteiger charge is 2.47. The van der Waals surface area contributed by atoms with Crippen LogP contribution in [0.5, 0.6) is 0 Å². The third-order valence-electron chi connectivity index (χ3n) is 6.55. The lowest BCUT2D eigenvalue weighted by Gasteiger charge is -2.31. The van der Waals surface area contributed by atoms with Gasteiger partial charge in [0.05, 0.1) is 12.2 Å². The van der Waals surface area contributed by atoms with E-state index < -0.39 is 72.5 Å². The van der Waals surface area contributed by atoms with Crippen LogP contribution in [0.15, 0.2) is 52.2 Å². The fourth-order valence-corrected chi connectivity index (χ4v) is 4.51. The van der Waals surface area contributed by atoms with Crippen LogP contribution in [0.3, 0.4) is 0 Å². The zero-order chi connectivity index (χ0) is 31.2. The van der Waals surface area contributed by atoms with Crippen LogP contribution in [-0.2, 0) is 25.5 Å². The topological polar surface area (TPSA) is 210 Å². The molecule has 2 aliphatic heterocycles. The lowest BCUT2D eigenvalue weighted by Crippen LogP contribution is -2.44. The van der Waals surface area contributed by atoms with Crippen molar-refractivity contribution in [3.8, 4) is 0 Å². The summed E-state index contributed by atoms with van der Waals surface area (Å²) in [6, 6.07) is 11.0. The van der Waals surface area contributed by atoms with Crippen molar-refractivity contribution in [2.24, 2.45) is 5.73 Å². The van der Waals surface area contributed by atoms with Crippen LogP contribution in [0, 0.1) is 0 Å². The van der Waals surface area contributed by atoms with E-state index in [-0.39, 0.29) is 13.0 Å². The minimum absolute atomic E-state index is 0.00645. The number of aliphatic hydroxyl groups excluding tert-OH is 3. The molecule has 2 aromatic rings. The molecule has 0 saturated carbocycles. The van der Waals surface area contributed by atoms with Gasteiger partial charge in [-0.25, -0.2) is 9.59 Å². The van der Waals surface area contributed by atoms with Crippen LogP contribution >= 0.6 is 0 Å². The number of hydrogen-bond donors (Lipinski definition) is 6. The monoisotopic (exact) mass is 606 g/mol. The van der Waals surface area contributed by atoms with Crippen molar-refractivity contribution in [2.75, 3.05) is 20.1 Å². The minimum atomic E-state index is -5.08. The molecule has 0 unspecified atom stereocenters. The van der Waals surface area contributed by atoms with Crippen molar-refractivity contribution < 1.29 is 52.6 Å². The van der Waals surface area contributed by atoms with E-state index in [1.807, 2.05) is 42.3 Å². The molecule has 1 aromatic carbocycles. The summed E-state index contributed by atoms with van der Waals surface area (Å²) < 4.78 is 50.6. The molecule has 8 atom stereocenters. The molecule has 3 heterocycles. The highest BCUT2D eigenvalue weighted by molar-refractivity contribution is 5.73. The number of aliphatic carboxylic acids is 1. The number of rotatable bonds is 9. The van der Waals surface area contributed by atoms with Gasteiger partial charge in [-0.2, -0.15) is 13.2 Å². The summed E-state index contributed by atoms with van der Waals surface area (Å²) in [5, 5.41) is 38.4. The van der Waals surface area contributed by atoms with Crippen LogP contribution in [0.4, 0.5) is 13.2 Å². The van der Waals surface area contributed by atoms with Gasteiger partial charge in [-0.1, -0.05) is 30.3 Å². The lowest BCUT2D eigenvalue weighted by molar-refractivity contribution is -0.217. The lowest BCUT2D eigenvalue weighted by atomic mass is 10.1. The molecule has 42 heavy (non-hydrogen) atoms. The molecule has 14 nitrogen and oxygen atoms in total. The maximum absolute atomic E-state index is 12.2. The summed E-state index contributed by atoms with van der Waals surface area (Å²) in [6.45, 7) is 0.933. The van der Waals surface area contributed by atoms with Crippen molar-refractivity contribution in [1.82, 2.24) is 14.5 Å². The fraction of sp³-hybridized carbons (Fsp3) is 0.560. The average Bonchev–Trinajstić information content (AvgIpc) is 3.43. The Balaban J connectivity index is 0.000000616. The Morgan fingerprint density at radius 3 is 2.36 bits per heavy atom. The number of nitrogens with two attached hydrogens (primary N) is 1.